The third kappa shape index (κ3) is 3.11. The number of nitrogens with one attached hydrogen (secondary N) is 1. The van der Waals surface area contributed by atoms with Crippen LogP contribution in [0.1, 0.15) is 28.2 Å². The molecular formula is C18H21N3O. The van der Waals surface area contributed by atoms with Crippen molar-refractivity contribution < 1.29 is 4.74 Å². The summed E-state index contributed by atoms with van der Waals surface area (Å²) in [4.78, 5) is 8.87. The molecule has 4 heteroatoms. The molecule has 0 spiro atoms. The third-order valence-electron chi connectivity index (χ3n) is 4.14. The van der Waals surface area contributed by atoms with Gasteiger partial charge in [-0.15, -0.1) is 0 Å². The van der Waals surface area contributed by atoms with Crippen molar-refractivity contribution in [2.45, 2.75) is 19.8 Å². The summed E-state index contributed by atoms with van der Waals surface area (Å²) >= 11 is 0. The summed E-state index contributed by atoms with van der Waals surface area (Å²) in [5.74, 6) is 0.187. The van der Waals surface area contributed by atoms with E-state index in [2.05, 4.69) is 53.4 Å². The van der Waals surface area contributed by atoms with Crippen molar-refractivity contribution in [3.05, 3.63) is 65.0 Å². The van der Waals surface area contributed by atoms with Crippen molar-refractivity contribution >= 4 is 6.02 Å². The number of hydrogen-bond acceptors (Lipinski definition) is 3. The fourth-order valence-corrected chi connectivity index (χ4v) is 2.75. The van der Waals surface area contributed by atoms with Crippen LogP contribution < -0.4 is 5.32 Å². The smallest absolute Gasteiger partial charge is 0.284 e. The van der Waals surface area contributed by atoms with E-state index in [4.69, 9.17) is 4.74 Å². The Hall–Kier alpha value is -2.36. The van der Waals surface area contributed by atoms with Gasteiger partial charge < -0.3 is 10.1 Å². The number of pyridine rings is 1. The highest BCUT2D eigenvalue weighted by Crippen LogP contribution is 2.28. The molecule has 3 rings (SSSR count). The van der Waals surface area contributed by atoms with Crippen LogP contribution in [0.15, 0.2) is 47.7 Å². The molecule has 4 nitrogen and oxygen atoms in total. The molecule has 2 heterocycles. The average Bonchev–Trinajstić information content (AvgIpc) is 3.06. The van der Waals surface area contributed by atoms with Gasteiger partial charge in [0.25, 0.3) is 6.02 Å². The van der Waals surface area contributed by atoms with E-state index in [1.54, 1.807) is 6.20 Å². The number of aliphatic imine (C=N–C) groups is 1. The maximum Gasteiger partial charge on any atom is 0.284 e. The second-order valence-electron chi connectivity index (χ2n) is 5.55. The monoisotopic (exact) mass is 295 g/mol. The first-order chi connectivity index (χ1) is 10.8. The first-order valence-corrected chi connectivity index (χ1v) is 7.63. The first-order valence-electron chi connectivity index (χ1n) is 7.63. The molecular weight excluding hydrogens is 274 g/mol. The minimum Gasteiger partial charge on any atom is -0.463 e. The van der Waals surface area contributed by atoms with Crippen molar-refractivity contribution in [3.63, 3.8) is 0 Å². The largest absolute Gasteiger partial charge is 0.463 e. The number of rotatable bonds is 4. The zero-order valence-corrected chi connectivity index (χ0v) is 13.0. The number of hydrogen-bond donors (Lipinski definition) is 1. The van der Waals surface area contributed by atoms with Gasteiger partial charge in [-0.2, -0.15) is 0 Å². The Morgan fingerprint density at radius 1 is 1.27 bits per heavy atom. The lowest BCUT2D eigenvalue weighted by Gasteiger charge is -2.19. The predicted octanol–water partition coefficient (Wildman–Crippen LogP) is 2.81. The minimum absolute atomic E-state index is 0.187. The molecule has 1 aromatic carbocycles. The Balaban J connectivity index is 1.95. The highest BCUT2D eigenvalue weighted by molar-refractivity contribution is 5.75. The van der Waals surface area contributed by atoms with Gasteiger partial charge in [0, 0.05) is 18.3 Å². The molecule has 0 amide bonds. The lowest BCUT2D eigenvalue weighted by atomic mass is 9.88. The lowest BCUT2D eigenvalue weighted by molar-refractivity contribution is 0.350. The van der Waals surface area contributed by atoms with Crippen molar-refractivity contribution in [1.29, 1.82) is 0 Å². The number of aromatic nitrogens is 1. The molecule has 1 aliphatic rings. The van der Waals surface area contributed by atoms with Crippen LogP contribution in [0.5, 0.6) is 0 Å². The van der Waals surface area contributed by atoms with Gasteiger partial charge in [0.05, 0.1) is 13.1 Å². The van der Waals surface area contributed by atoms with Crippen LogP contribution in [0.3, 0.4) is 0 Å². The van der Waals surface area contributed by atoms with Gasteiger partial charge in [0.2, 0.25) is 0 Å². The van der Waals surface area contributed by atoms with Gasteiger partial charge in [0.15, 0.2) is 0 Å². The normalized spacial score (nSPS) is 17.1. The molecule has 0 radical (unpaired) electrons. The summed E-state index contributed by atoms with van der Waals surface area (Å²) in [6.07, 6.45) is 3.73. The maximum atomic E-state index is 5.45. The molecule has 1 atom stereocenters. The summed E-state index contributed by atoms with van der Waals surface area (Å²) in [6.45, 7) is 6.50. The molecule has 1 unspecified atom stereocenters. The zero-order valence-electron chi connectivity index (χ0n) is 13.0. The number of ether oxygens (including phenoxy) is 1. The van der Waals surface area contributed by atoms with Gasteiger partial charge >= 0.3 is 0 Å². The van der Waals surface area contributed by atoms with E-state index in [0.717, 1.165) is 6.54 Å². The van der Waals surface area contributed by atoms with E-state index >= 15 is 0 Å². The van der Waals surface area contributed by atoms with Crippen LogP contribution >= 0.6 is 0 Å². The highest BCUT2D eigenvalue weighted by atomic mass is 16.5. The van der Waals surface area contributed by atoms with E-state index in [1.807, 2.05) is 12.3 Å². The highest BCUT2D eigenvalue weighted by Gasteiger charge is 2.18. The van der Waals surface area contributed by atoms with Crippen LogP contribution in [-0.4, -0.2) is 30.7 Å². The Bertz CT molecular complexity index is 659. The summed E-state index contributed by atoms with van der Waals surface area (Å²) in [6, 6.07) is 11.2. The average molecular weight is 295 g/mol. The summed E-state index contributed by atoms with van der Waals surface area (Å²) in [5, 5.41) is 3.15. The van der Waals surface area contributed by atoms with Gasteiger partial charge in [0.1, 0.15) is 6.61 Å². The SMILES string of the molecule is Cc1cccc(C(CN=C2NCCO2)c2cccnc2)c1C. The molecule has 1 aromatic heterocycles. The van der Waals surface area contributed by atoms with Crippen molar-refractivity contribution in [3.8, 4) is 0 Å². The Labute approximate surface area is 131 Å². The predicted molar refractivity (Wildman–Crippen MR) is 88.3 cm³/mol. The van der Waals surface area contributed by atoms with Gasteiger partial charge in [-0.05, 0) is 42.2 Å². The Morgan fingerprint density at radius 3 is 2.91 bits per heavy atom. The van der Waals surface area contributed by atoms with Gasteiger partial charge in [-0.1, -0.05) is 24.3 Å². The van der Waals surface area contributed by atoms with Gasteiger partial charge in [-0.3, -0.25) is 4.98 Å². The molecule has 1 aliphatic heterocycles. The Kier molecular flexibility index (Phi) is 4.37. The van der Waals surface area contributed by atoms with E-state index in [0.29, 0.717) is 19.2 Å². The summed E-state index contributed by atoms with van der Waals surface area (Å²) in [7, 11) is 0. The second kappa shape index (κ2) is 6.60. The zero-order chi connectivity index (χ0) is 15.4. The fraction of sp³-hybridized carbons (Fsp3) is 0.333. The lowest BCUT2D eigenvalue weighted by Crippen LogP contribution is -2.17. The summed E-state index contributed by atoms with van der Waals surface area (Å²) in [5.41, 5.74) is 5.10. The van der Waals surface area contributed by atoms with E-state index in [-0.39, 0.29) is 5.92 Å². The fourth-order valence-electron chi connectivity index (χ4n) is 2.75. The first kappa shape index (κ1) is 14.6. The van der Waals surface area contributed by atoms with E-state index < -0.39 is 0 Å². The van der Waals surface area contributed by atoms with Crippen molar-refractivity contribution in [2.75, 3.05) is 19.7 Å². The van der Waals surface area contributed by atoms with Crippen LogP contribution in [0.2, 0.25) is 0 Å². The quantitative estimate of drug-likeness (QED) is 0.943. The van der Waals surface area contributed by atoms with Crippen LogP contribution in [-0.2, 0) is 4.74 Å². The molecule has 22 heavy (non-hydrogen) atoms. The molecule has 2 aromatic rings. The standard InChI is InChI=1S/C18H21N3O/c1-13-5-3-7-16(14(13)2)17(15-6-4-8-19-11-15)12-21-18-20-9-10-22-18/h3-8,11,17H,9-10,12H2,1-2H3,(H,20,21). The molecule has 0 aliphatic carbocycles. The van der Waals surface area contributed by atoms with Crippen molar-refractivity contribution in [2.24, 2.45) is 4.99 Å². The van der Waals surface area contributed by atoms with E-state index in [9.17, 15) is 0 Å². The summed E-state index contributed by atoms with van der Waals surface area (Å²) < 4.78 is 5.45. The van der Waals surface area contributed by atoms with Crippen LogP contribution in [0.25, 0.3) is 0 Å². The van der Waals surface area contributed by atoms with Crippen molar-refractivity contribution in [1.82, 2.24) is 10.3 Å². The Morgan fingerprint density at radius 2 is 2.18 bits per heavy atom. The van der Waals surface area contributed by atoms with Crippen LogP contribution in [0.4, 0.5) is 0 Å². The molecule has 1 saturated heterocycles. The van der Waals surface area contributed by atoms with Gasteiger partial charge in [-0.25, -0.2) is 4.99 Å². The topological polar surface area (TPSA) is 46.5 Å². The maximum absolute atomic E-state index is 5.45. The number of amidine groups is 1. The molecule has 0 bridgehead atoms. The minimum atomic E-state index is 0.187. The van der Waals surface area contributed by atoms with Crippen LogP contribution in [0, 0.1) is 13.8 Å². The van der Waals surface area contributed by atoms with E-state index in [1.165, 1.54) is 22.3 Å². The molecule has 0 saturated carbocycles. The number of aryl methyl sites for hydroxylation is 1. The molecule has 1 N–H and O–H groups in total. The number of nitrogens with zero attached hydrogens (tertiary/aromatic N) is 2. The second-order valence-corrected chi connectivity index (χ2v) is 5.55. The number of benzene rings is 1. The molecule has 114 valence electrons. The third-order valence-corrected chi connectivity index (χ3v) is 4.14. The molecule has 1 fully saturated rings.